The van der Waals surface area contributed by atoms with Crippen molar-refractivity contribution in [1.29, 1.82) is 0 Å². The normalized spacial score (nSPS) is 10.4. The van der Waals surface area contributed by atoms with E-state index in [0.717, 1.165) is 12.1 Å². The smallest absolute Gasteiger partial charge is 0.335 e. The molecule has 0 spiro atoms. The monoisotopic (exact) mass is 301 g/mol. The summed E-state index contributed by atoms with van der Waals surface area (Å²) in [6.45, 7) is 0. The summed E-state index contributed by atoms with van der Waals surface area (Å²) in [5.41, 5.74) is -1.42. The van der Waals surface area contributed by atoms with Crippen LogP contribution in [0.15, 0.2) is 30.3 Å². The van der Waals surface area contributed by atoms with E-state index >= 15 is 0 Å². The lowest BCUT2D eigenvalue weighted by Gasteiger charge is -2.10. The summed E-state index contributed by atoms with van der Waals surface area (Å²) in [4.78, 5) is 10.6. The number of hydrogen-bond acceptors (Lipinski definition) is 2. The van der Waals surface area contributed by atoms with Crippen molar-refractivity contribution < 1.29 is 23.1 Å². The third kappa shape index (κ3) is 2.85. The van der Waals surface area contributed by atoms with Crippen LogP contribution in [0.3, 0.4) is 0 Å². The summed E-state index contributed by atoms with van der Waals surface area (Å²) in [6.07, 6.45) is 0. The van der Waals surface area contributed by atoms with Crippen LogP contribution in [0.1, 0.15) is 10.4 Å². The average Bonchev–Trinajstić information content (AvgIpc) is 2.37. The Labute approximate surface area is 116 Å². The zero-order chi connectivity index (χ0) is 14.9. The molecule has 7 heteroatoms. The van der Waals surface area contributed by atoms with Crippen LogP contribution < -0.4 is 5.32 Å². The van der Waals surface area contributed by atoms with Gasteiger partial charge in [0.15, 0.2) is 11.6 Å². The van der Waals surface area contributed by atoms with Gasteiger partial charge in [0.1, 0.15) is 11.5 Å². The minimum absolute atomic E-state index is 0.178. The number of halogens is 4. The average molecular weight is 302 g/mol. The van der Waals surface area contributed by atoms with E-state index in [-0.39, 0.29) is 10.7 Å². The molecule has 0 aliphatic heterocycles. The lowest BCUT2D eigenvalue weighted by Crippen LogP contribution is -2.04. The molecule has 0 saturated carbocycles. The van der Waals surface area contributed by atoms with Crippen LogP contribution in [0, 0.1) is 17.5 Å². The topological polar surface area (TPSA) is 49.3 Å². The highest BCUT2D eigenvalue weighted by Gasteiger charge is 2.16. The number of benzene rings is 2. The minimum atomic E-state index is -1.47. The largest absolute Gasteiger partial charge is 0.478 e. The fourth-order valence-corrected chi connectivity index (χ4v) is 1.72. The van der Waals surface area contributed by atoms with Crippen molar-refractivity contribution in [2.24, 2.45) is 0 Å². The number of rotatable bonds is 3. The van der Waals surface area contributed by atoms with Gasteiger partial charge in [-0.3, -0.25) is 0 Å². The van der Waals surface area contributed by atoms with Crippen LogP contribution in [0.4, 0.5) is 24.5 Å². The number of hydrogen-bond donors (Lipinski definition) is 2. The Hall–Kier alpha value is -2.21. The Kier molecular flexibility index (Phi) is 3.85. The molecule has 0 amide bonds. The standard InChI is InChI=1S/C13H7ClF3NO2/c14-7-1-2-8(15)11(5-7)18-12-9(16)3-6(13(19)20)4-10(12)17/h1-5,18H,(H,19,20). The molecule has 2 rings (SSSR count). The first-order valence-corrected chi connectivity index (χ1v) is 5.70. The van der Waals surface area contributed by atoms with Crippen molar-refractivity contribution in [1.82, 2.24) is 0 Å². The molecule has 3 nitrogen and oxygen atoms in total. The fourth-order valence-electron chi connectivity index (χ4n) is 1.54. The van der Waals surface area contributed by atoms with Crippen LogP contribution in [0.25, 0.3) is 0 Å². The first-order chi connectivity index (χ1) is 9.38. The second-order valence-corrected chi connectivity index (χ2v) is 4.31. The molecule has 0 bridgehead atoms. The maximum absolute atomic E-state index is 13.7. The third-order valence-electron chi connectivity index (χ3n) is 2.48. The van der Waals surface area contributed by atoms with Crippen LogP contribution in [-0.4, -0.2) is 11.1 Å². The molecule has 0 aliphatic carbocycles. The minimum Gasteiger partial charge on any atom is -0.478 e. The summed E-state index contributed by atoms with van der Waals surface area (Å²) in [5, 5.41) is 11.1. The molecule has 0 saturated heterocycles. The molecule has 0 aromatic heterocycles. The molecule has 0 aliphatic rings. The highest BCUT2D eigenvalue weighted by Crippen LogP contribution is 2.28. The first-order valence-electron chi connectivity index (χ1n) is 5.33. The second-order valence-electron chi connectivity index (χ2n) is 3.87. The molecule has 0 atom stereocenters. The number of aromatic carboxylic acids is 1. The lowest BCUT2D eigenvalue weighted by molar-refractivity contribution is 0.0696. The summed E-state index contributed by atoms with van der Waals surface area (Å²) in [6, 6.07) is 4.74. The SMILES string of the molecule is O=C(O)c1cc(F)c(Nc2cc(Cl)ccc2F)c(F)c1. The number of nitrogens with one attached hydrogen (secondary N) is 1. The van der Waals surface area contributed by atoms with Crippen molar-refractivity contribution in [2.75, 3.05) is 5.32 Å². The van der Waals surface area contributed by atoms with E-state index in [1.165, 1.54) is 6.07 Å². The summed E-state index contributed by atoms with van der Waals surface area (Å²) in [5.74, 6) is -4.53. The van der Waals surface area contributed by atoms with Crippen LogP contribution in [0.2, 0.25) is 5.02 Å². The molecule has 2 N–H and O–H groups in total. The molecule has 0 unspecified atom stereocenters. The maximum Gasteiger partial charge on any atom is 0.335 e. The maximum atomic E-state index is 13.7. The lowest BCUT2D eigenvalue weighted by atomic mass is 10.1. The van der Waals surface area contributed by atoms with Gasteiger partial charge >= 0.3 is 5.97 Å². The molecular formula is C13H7ClF3NO2. The molecule has 0 fully saturated rings. The Morgan fingerprint density at radius 2 is 1.65 bits per heavy atom. The van der Waals surface area contributed by atoms with Gasteiger partial charge in [-0.05, 0) is 30.3 Å². The number of carboxylic acid groups (broad SMARTS) is 1. The van der Waals surface area contributed by atoms with Gasteiger partial charge in [0.05, 0.1) is 11.3 Å². The van der Waals surface area contributed by atoms with Gasteiger partial charge in [-0.15, -0.1) is 0 Å². The number of carbonyl (C=O) groups is 1. The summed E-state index contributed by atoms with van der Waals surface area (Å²) < 4.78 is 40.8. The van der Waals surface area contributed by atoms with Gasteiger partial charge in [-0.25, -0.2) is 18.0 Å². The predicted octanol–water partition coefficient (Wildman–Crippen LogP) is 4.20. The van der Waals surface area contributed by atoms with Crippen LogP contribution in [-0.2, 0) is 0 Å². The molecule has 2 aromatic rings. The highest BCUT2D eigenvalue weighted by atomic mass is 35.5. The fraction of sp³-hybridized carbons (Fsp3) is 0. The number of carboxylic acids is 1. The quantitative estimate of drug-likeness (QED) is 0.893. The van der Waals surface area contributed by atoms with E-state index < -0.39 is 34.7 Å². The van der Waals surface area contributed by atoms with E-state index in [1.54, 1.807) is 0 Å². The van der Waals surface area contributed by atoms with Gasteiger partial charge in [0.2, 0.25) is 0 Å². The third-order valence-corrected chi connectivity index (χ3v) is 2.71. The highest BCUT2D eigenvalue weighted by molar-refractivity contribution is 6.30. The zero-order valence-electron chi connectivity index (χ0n) is 9.75. The van der Waals surface area contributed by atoms with Crippen molar-refractivity contribution in [3.8, 4) is 0 Å². The molecule has 0 heterocycles. The van der Waals surface area contributed by atoms with E-state index in [1.807, 2.05) is 0 Å². The number of anilines is 2. The predicted molar refractivity (Wildman–Crippen MR) is 68.0 cm³/mol. The van der Waals surface area contributed by atoms with Gasteiger partial charge in [-0.1, -0.05) is 11.6 Å². The van der Waals surface area contributed by atoms with E-state index in [0.29, 0.717) is 12.1 Å². The first kappa shape index (κ1) is 14.2. The van der Waals surface area contributed by atoms with Gasteiger partial charge in [0, 0.05) is 5.02 Å². The van der Waals surface area contributed by atoms with E-state index in [2.05, 4.69) is 5.32 Å². The Morgan fingerprint density at radius 3 is 2.20 bits per heavy atom. The van der Waals surface area contributed by atoms with Crippen molar-refractivity contribution >= 4 is 28.9 Å². The zero-order valence-corrected chi connectivity index (χ0v) is 10.5. The molecule has 2 aromatic carbocycles. The van der Waals surface area contributed by atoms with Crippen LogP contribution in [0.5, 0.6) is 0 Å². The summed E-state index contributed by atoms with van der Waals surface area (Å²) in [7, 11) is 0. The van der Waals surface area contributed by atoms with Crippen LogP contribution >= 0.6 is 11.6 Å². The summed E-state index contributed by atoms with van der Waals surface area (Å²) >= 11 is 5.66. The van der Waals surface area contributed by atoms with Gasteiger partial charge < -0.3 is 10.4 Å². The van der Waals surface area contributed by atoms with E-state index in [9.17, 15) is 18.0 Å². The molecule has 104 valence electrons. The Balaban J connectivity index is 2.44. The second kappa shape index (κ2) is 5.42. The Morgan fingerprint density at radius 1 is 1.05 bits per heavy atom. The Bertz CT molecular complexity index is 668. The van der Waals surface area contributed by atoms with E-state index in [4.69, 9.17) is 16.7 Å². The van der Waals surface area contributed by atoms with Gasteiger partial charge in [-0.2, -0.15) is 0 Å². The van der Waals surface area contributed by atoms with Gasteiger partial charge in [0.25, 0.3) is 0 Å². The molecule has 0 radical (unpaired) electrons. The van der Waals surface area contributed by atoms with Crippen molar-refractivity contribution in [2.45, 2.75) is 0 Å². The molecule has 20 heavy (non-hydrogen) atoms. The van der Waals surface area contributed by atoms with Crippen molar-refractivity contribution in [3.63, 3.8) is 0 Å². The van der Waals surface area contributed by atoms with Crippen molar-refractivity contribution in [3.05, 3.63) is 58.4 Å². The molecular weight excluding hydrogens is 295 g/mol.